The molecule has 0 saturated carbocycles. The summed E-state index contributed by atoms with van der Waals surface area (Å²) in [6.45, 7) is 4.22. The monoisotopic (exact) mass is 302 g/mol. The van der Waals surface area contributed by atoms with Gasteiger partial charge in [-0.05, 0) is 31.0 Å². The van der Waals surface area contributed by atoms with Gasteiger partial charge in [-0.1, -0.05) is 12.1 Å². The Morgan fingerprint density at radius 3 is 2.91 bits per heavy atom. The number of rotatable bonds is 3. The highest BCUT2D eigenvalue weighted by Gasteiger charge is 2.48. The number of ether oxygens (including phenoxy) is 1. The number of aryl methyl sites for hydroxylation is 1. The topological polar surface area (TPSA) is 49.9 Å². The van der Waals surface area contributed by atoms with E-state index in [9.17, 15) is 9.59 Å². The molecular weight excluding hydrogens is 280 g/mol. The molecular formula is C17H22N2O3. The Hall–Kier alpha value is -1.88. The van der Waals surface area contributed by atoms with Gasteiger partial charge in [-0.2, -0.15) is 0 Å². The standard InChI is InChI=1S/C17H22N2O3/c1-13-4-3-5-14(8-13)19-12-17(9-15(19)20)6-7-18(11-17)16(21)10-22-2/h3-5,8H,6-7,9-12H2,1-2H3/t17-/m0/s1. The molecule has 1 spiro atoms. The van der Waals surface area contributed by atoms with Crippen LogP contribution in [-0.2, 0) is 14.3 Å². The second kappa shape index (κ2) is 5.72. The first kappa shape index (κ1) is 15.0. The molecule has 0 N–H and O–H groups in total. The quantitative estimate of drug-likeness (QED) is 0.852. The number of hydrogen-bond acceptors (Lipinski definition) is 3. The van der Waals surface area contributed by atoms with E-state index in [2.05, 4.69) is 0 Å². The molecule has 0 aliphatic carbocycles. The molecule has 1 atom stereocenters. The minimum atomic E-state index is -0.0930. The van der Waals surface area contributed by atoms with E-state index in [0.29, 0.717) is 19.5 Å². The average Bonchev–Trinajstić information content (AvgIpc) is 3.03. The van der Waals surface area contributed by atoms with Gasteiger partial charge in [-0.25, -0.2) is 0 Å². The van der Waals surface area contributed by atoms with Crippen molar-refractivity contribution in [3.63, 3.8) is 0 Å². The third kappa shape index (κ3) is 2.73. The van der Waals surface area contributed by atoms with Gasteiger partial charge in [0.25, 0.3) is 0 Å². The maximum Gasteiger partial charge on any atom is 0.248 e. The van der Waals surface area contributed by atoms with Crippen LogP contribution in [0.1, 0.15) is 18.4 Å². The molecule has 2 aliphatic rings. The van der Waals surface area contributed by atoms with Crippen LogP contribution in [0.3, 0.4) is 0 Å². The largest absolute Gasteiger partial charge is 0.375 e. The molecule has 2 fully saturated rings. The molecule has 3 rings (SSSR count). The van der Waals surface area contributed by atoms with Gasteiger partial charge in [0.15, 0.2) is 0 Å². The molecule has 0 bridgehead atoms. The van der Waals surface area contributed by atoms with Gasteiger partial charge in [-0.3, -0.25) is 9.59 Å². The summed E-state index contributed by atoms with van der Waals surface area (Å²) in [5, 5.41) is 0. The first-order valence-corrected chi connectivity index (χ1v) is 7.67. The predicted molar refractivity (Wildman–Crippen MR) is 83.7 cm³/mol. The molecule has 0 unspecified atom stereocenters. The van der Waals surface area contributed by atoms with Gasteiger partial charge < -0.3 is 14.5 Å². The fourth-order valence-corrected chi connectivity index (χ4v) is 3.56. The van der Waals surface area contributed by atoms with Crippen molar-refractivity contribution in [2.24, 2.45) is 5.41 Å². The van der Waals surface area contributed by atoms with Gasteiger partial charge >= 0.3 is 0 Å². The number of likely N-dealkylation sites (tertiary alicyclic amines) is 1. The van der Waals surface area contributed by atoms with E-state index in [-0.39, 0.29) is 23.8 Å². The maximum atomic E-state index is 12.4. The lowest BCUT2D eigenvalue weighted by atomic mass is 9.86. The molecule has 2 saturated heterocycles. The summed E-state index contributed by atoms with van der Waals surface area (Å²) in [5.74, 6) is 0.174. The summed E-state index contributed by atoms with van der Waals surface area (Å²) in [4.78, 5) is 28.1. The van der Waals surface area contributed by atoms with Crippen molar-refractivity contribution >= 4 is 17.5 Å². The second-order valence-corrected chi connectivity index (χ2v) is 6.49. The van der Waals surface area contributed by atoms with Crippen molar-refractivity contribution in [1.29, 1.82) is 0 Å². The van der Waals surface area contributed by atoms with Crippen LogP contribution < -0.4 is 4.90 Å². The zero-order valence-corrected chi connectivity index (χ0v) is 13.2. The third-order valence-electron chi connectivity index (χ3n) is 4.69. The van der Waals surface area contributed by atoms with Crippen molar-refractivity contribution in [3.8, 4) is 0 Å². The zero-order valence-electron chi connectivity index (χ0n) is 13.2. The van der Waals surface area contributed by atoms with Crippen molar-refractivity contribution in [2.45, 2.75) is 19.8 Å². The lowest BCUT2D eigenvalue weighted by Gasteiger charge is -2.24. The van der Waals surface area contributed by atoms with E-state index >= 15 is 0 Å². The first-order chi connectivity index (χ1) is 10.5. The van der Waals surface area contributed by atoms with E-state index in [4.69, 9.17) is 4.74 Å². The minimum absolute atomic E-state index is 0.0147. The Kier molecular flexibility index (Phi) is 3.91. The summed E-state index contributed by atoms with van der Waals surface area (Å²) in [5.41, 5.74) is 2.02. The van der Waals surface area contributed by atoms with E-state index in [1.165, 1.54) is 7.11 Å². The summed E-state index contributed by atoms with van der Waals surface area (Å²) >= 11 is 0. The fraction of sp³-hybridized carbons (Fsp3) is 0.529. The number of benzene rings is 1. The van der Waals surface area contributed by atoms with E-state index in [1.807, 2.05) is 41.0 Å². The Balaban J connectivity index is 1.73. The number of anilines is 1. The van der Waals surface area contributed by atoms with Crippen LogP contribution in [0.5, 0.6) is 0 Å². The van der Waals surface area contributed by atoms with Crippen LogP contribution in [0.4, 0.5) is 5.69 Å². The van der Waals surface area contributed by atoms with Gasteiger partial charge in [0.05, 0.1) is 0 Å². The first-order valence-electron chi connectivity index (χ1n) is 7.67. The molecule has 5 nitrogen and oxygen atoms in total. The highest BCUT2D eigenvalue weighted by molar-refractivity contribution is 5.96. The molecule has 0 aromatic heterocycles. The summed E-state index contributed by atoms with van der Waals surface area (Å²) < 4.78 is 4.92. The summed E-state index contributed by atoms with van der Waals surface area (Å²) in [6.07, 6.45) is 1.41. The summed E-state index contributed by atoms with van der Waals surface area (Å²) in [6, 6.07) is 8.03. The molecule has 5 heteroatoms. The predicted octanol–water partition coefficient (Wildman–Crippen LogP) is 1.60. The molecule has 118 valence electrons. The van der Waals surface area contributed by atoms with Crippen LogP contribution >= 0.6 is 0 Å². The van der Waals surface area contributed by atoms with Crippen molar-refractivity contribution < 1.29 is 14.3 Å². The van der Waals surface area contributed by atoms with Gasteiger partial charge in [0.2, 0.25) is 11.8 Å². The molecule has 0 radical (unpaired) electrons. The molecule has 22 heavy (non-hydrogen) atoms. The number of carbonyl (C=O) groups is 2. The SMILES string of the molecule is COCC(=O)N1CC[C@]2(CC(=O)N(c3cccc(C)c3)C2)C1. The molecule has 2 aliphatic heterocycles. The maximum absolute atomic E-state index is 12.4. The number of amides is 2. The number of methoxy groups -OCH3 is 1. The van der Waals surface area contributed by atoms with Crippen LogP contribution in [0.15, 0.2) is 24.3 Å². The van der Waals surface area contributed by atoms with E-state index in [0.717, 1.165) is 24.2 Å². The van der Waals surface area contributed by atoms with Crippen molar-refractivity contribution in [3.05, 3.63) is 29.8 Å². The average molecular weight is 302 g/mol. The van der Waals surface area contributed by atoms with Gasteiger partial charge in [0, 0.05) is 44.3 Å². The number of nitrogens with zero attached hydrogens (tertiary/aromatic N) is 2. The van der Waals surface area contributed by atoms with Crippen molar-refractivity contribution in [2.75, 3.05) is 38.3 Å². The molecule has 1 aromatic rings. The normalized spacial score (nSPS) is 24.5. The molecule has 2 heterocycles. The highest BCUT2D eigenvalue weighted by atomic mass is 16.5. The van der Waals surface area contributed by atoms with E-state index in [1.54, 1.807) is 0 Å². The van der Waals surface area contributed by atoms with Crippen molar-refractivity contribution in [1.82, 2.24) is 4.90 Å². The van der Waals surface area contributed by atoms with Gasteiger partial charge in [0.1, 0.15) is 6.61 Å². The zero-order chi connectivity index (χ0) is 15.7. The molecule has 2 amide bonds. The molecule has 1 aromatic carbocycles. The lowest BCUT2D eigenvalue weighted by Crippen LogP contribution is -2.35. The Morgan fingerprint density at radius 1 is 1.36 bits per heavy atom. The minimum Gasteiger partial charge on any atom is -0.375 e. The Morgan fingerprint density at radius 2 is 2.18 bits per heavy atom. The number of hydrogen-bond donors (Lipinski definition) is 0. The fourth-order valence-electron chi connectivity index (χ4n) is 3.56. The summed E-state index contributed by atoms with van der Waals surface area (Å²) in [7, 11) is 1.53. The Labute approximate surface area is 130 Å². The third-order valence-corrected chi connectivity index (χ3v) is 4.69. The smallest absolute Gasteiger partial charge is 0.248 e. The van der Waals surface area contributed by atoms with Crippen LogP contribution in [0, 0.1) is 12.3 Å². The van der Waals surface area contributed by atoms with Crippen LogP contribution in [0.2, 0.25) is 0 Å². The second-order valence-electron chi connectivity index (χ2n) is 6.49. The van der Waals surface area contributed by atoms with E-state index < -0.39 is 0 Å². The number of carbonyl (C=O) groups excluding carboxylic acids is 2. The lowest BCUT2D eigenvalue weighted by molar-refractivity contribution is -0.134. The van der Waals surface area contributed by atoms with Crippen LogP contribution in [-0.4, -0.2) is 50.1 Å². The van der Waals surface area contributed by atoms with Crippen LogP contribution in [0.25, 0.3) is 0 Å². The van der Waals surface area contributed by atoms with Gasteiger partial charge in [-0.15, -0.1) is 0 Å². The highest BCUT2D eigenvalue weighted by Crippen LogP contribution is 2.41. The Bertz CT molecular complexity index is 601.